The summed E-state index contributed by atoms with van der Waals surface area (Å²) in [6.07, 6.45) is 4.64. The van der Waals surface area contributed by atoms with Crippen LogP contribution < -0.4 is 11.1 Å². The van der Waals surface area contributed by atoms with Crippen LogP contribution in [0.3, 0.4) is 0 Å². The third-order valence-corrected chi connectivity index (χ3v) is 4.11. The van der Waals surface area contributed by atoms with Crippen molar-refractivity contribution in [3.05, 3.63) is 0 Å². The Bertz CT molecular complexity index is 291. The predicted octanol–water partition coefficient (Wildman–Crippen LogP) is 1.47. The molecule has 1 atom stereocenters. The van der Waals surface area contributed by atoms with Crippen molar-refractivity contribution in [2.75, 3.05) is 33.2 Å². The van der Waals surface area contributed by atoms with E-state index in [4.69, 9.17) is 10.9 Å². The standard InChI is InChI=1S/C14H30N4O/c1-14(2,13(15)17-19)7-5-8-16-10-12-6-4-9-18(3)11-12/h12,16,19H,4-11H2,1-3H3,(H2,15,17). The minimum absolute atomic E-state index is 0.221. The van der Waals surface area contributed by atoms with E-state index in [0.717, 1.165) is 31.8 Å². The number of piperidine rings is 1. The number of hydrogen-bond acceptors (Lipinski definition) is 4. The van der Waals surface area contributed by atoms with Crippen molar-refractivity contribution in [1.82, 2.24) is 10.2 Å². The van der Waals surface area contributed by atoms with E-state index in [1.54, 1.807) is 0 Å². The molecule has 0 aromatic heterocycles. The molecule has 0 aliphatic carbocycles. The Labute approximate surface area is 117 Å². The van der Waals surface area contributed by atoms with Gasteiger partial charge in [-0.2, -0.15) is 0 Å². The molecule has 1 heterocycles. The lowest BCUT2D eigenvalue weighted by molar-refractivity contribution is 0.206. The number of amidine groups is 1. The van der Waals surface area contributed by atoms with Gasteiger partial charge in [-0.05, 0) is 58.3 Å². The lowest BCUT2D eigenvalue weighted by Gasteiger charge is -2.30. The predicted molar refractivity (Wildman–Crippen MR) is 79.5 cm³/mol. The van der Waals surface area contributed by atoms with E-state index in [2.05, 4.69) is 22.4 Å². The van der Waals surface area contributed by atoms with Crippen LogP contribution in [0.1, 0.15) is 39.5 Å². The molecule has 19 heavy (non-hydrogen) atoms. The molecule has 0 aromatic carbocycles. The fraction of sp³-hybridized carbons (Fsp3) is 0.929. The monoisotopic (exact) mass is 270 g/mol. The topological polar surface area (TPSA) is 73.9 Å². The molecule has 0 spiro atoms. The van der Waals surface area contributed by atoms with Crippen LogP contribution in [-0.2, 0) is 0 Å². The van der Waals surface area contributed by atoms with Crippen LogP contribution in [0.5, 0.6) is 0 Å². The van der Waals surface area contributed by atoms with Crippen molar-refractivity contribution in [3.63, 3.8) is 0 Å². The average Bonchev–Trinajstić information content (AvgIpc) is 2.37. The minimum Gasteiger partial charge on any atom is -0.409 e. The van der Waals surface area contributed by atoms with Crippen molar-refractivity contribution in [2.24, 2.45) is 22.2 Å². The summed E-state index contributed by atoms with van der Waals surface area (Å²) in [6, 6.07) is 0. The van der Waals surface area contributed by atoms with Gasteiger partial charge in [-0.1, -0.05) is 19.0 Å². The van der Waals surface area contributed by atoms with E-state index in [-0.39, 0.29) is 5.41 Å². The van der Waals surface area contributed by atoms with Crippen LogP contribution in [0.2, 0.25) is 0 Å². The third-order valence-electron chi connectivity index (χ3n) is 4.11. The lowest BCUT2D eigenvalue weighted by atomic mass is 9.86. The maximum absolute atomic E-state index is 8.71. The Morgan fingerprint density at radius 3 is 2.89 bits per heavy atom. The summed E-state index contributed by atoms with van der Waals surface area (Å²) < 4.78 is 0. The number of nitrogens with zero attached hydrogens (tertiary/aromatic N) is 2. The van der Waals surface area contributed by atoms with Crippen LogP contribution in [0, 0.1) is 11.3 Å². The first-order valence-electron chi connectivity index (χ1n) is 7.33. The van der Waals surface area contributed by atoms with Crippen LogP contribution in [0.15, 0.2) is 5.16 Å². The maximum atomic E-state index is 8.71. The molecule has 0 radical (unpaired) electrons. The largest absolute Gasteiger partial charge is 0.409 e. The fourth-order valence-electron chi connectivity index (χ4n) is 2.66. The average molecular weight is 270 g/mol. The highest BCUT2D eigenvalue weighted by atomic mass is 16.4. The first-order valence-corrected chi connectivity index (χ1v) is 7.33. The zero-order valence-corrected chi connectivity index (χ0v) is 12.7. The number of oxime groups is 1. The van der Waals surface area contributed by atoms with Crippen molar-refractivity contribution >= 4 is 5.84 Å². The third kappa shape index (κ3) is 5.78. The summed E-state index contributed by atoms with van der Waals surface area (Å²) in [5.41, 5.74) is 5.45. The second kappa shape index (κ2) is 7.70. The summed E-state index contributed by atoms with van der Waals surface area (Å²) >= 11 is 0. The summed E-state index contributed by atoms with van der Waals surface area (Å²) in [7, 11) is 2.20. The van der Waals surface area contributed by atoms with E-state index >= 15 is 0 Å². The molecule has 5 nitrogen and oxygen atoms in total. The van der Waals surface area contributed by atoms with Gasteiger partial charge >= 0.3 is 0 Å². The molecule has 4 N–H and O–H groups in total. The van der Waals surface area contributed by atoms with Gasteiger partial charge in [0.1, 0.15) is 5.84 Å². The highest BCUT2D eigenvalue weighted by Crippen LogP contribution is 2.22. The van der Waals surface area contributed by atoms with Crippen LogP contribution in [0.25, 0.3) is 0 Å². The Hall–Kier alpha value is -0.810. The van der Waals surface area contributed by atoms with Gasteiger partial charge in [0.25, 0.3) is 0 Å². The fourth-order valence-corrected chi connectivity index (χ4v) is 2.66. The van der Waals surface area contributed by atoms with E-state index in [9.17, 15) is 0 Å². The lowest BCUT2D eigenvalue weighted by Crippen LogP contribution is -2.38. The Morgan fingerprint density at radius 1 is 1.53 bits per heavy atom. The summed E-state index contributed by atoms with van der Waals surface area (Å²) in [6.45, 7) is 8.58. The van der Waals surface area contributed by atoms with Gasteiger partial charge in [0.2, 0.25) is 0 Å². The second-order valence-electron chi connectivity index (χ2n) is 6.45. The van der Waals surface area contributed by atoms with Gasteiger partial charge in [-0.25, -0.2) is 0 Å². The smallest absolute Gasteiger partial charge is 0.144 e. The van der Waals surface area contributed by atoms with E-state index in [1.807, 2.05) is 13.8 Å². The van der Waals surface area contributed by atoms with Crippen molar-refractivity contribution in [2.45, 2.75) is 39.5 Å². The zero-order valence-electron chi connectivity index (χ0n) is 12.7. The van der Waals surface area contributed by atoms with Gasteiger partial charge in [0.05, 0.1) is 0 Å². The number of nitrogens with one attached hydrogen (secondary N) is 1. The molecule has 0 saturated carbocycles. The van der Waals surface area contributed by atoms with Crippen molar-refractivity contribution in [1.29, 1.82) is 0 Å². The number of likely N-dealkylation sites (tertiary alicyclic amines) is 1. The number of hydrogen-bond donors (Lipinski definition) is 3. The van der Waals surface area contributed by atoms with Crippen molar-refractivity contribution < 1.29 is 5.21 Å². The van der Waals surface area contributed by atoms with Crippen molar-refractivity contribution in [3.8, 4) is 0 Å². The van der Waals surface area contributed by atoms with E-state index in [0.29, 0.717) is 5.84 Å². The molecule has 1 unspecified atom stereocenters. The molecule has 0 amide bonds. The van der Waals surface area contributed by atoms with Gasteiger partial charge in [-0.3, -0.25) is 0 Å². The van der Waals surface area contributed by atoms with Crippen LogP contribution >= 0.6 is 0 Å². The molecule has 1 rings (SSSR count). The van der Waals surface area contributed by atoms with Gasteiger partial charge in [0, 0.05) is 12.0 Å². The molecule has 1 aliphatic rings. The SMILES string of the molecule is CN1CCCC(CNCCCC(C)(C)C(N)=NO)C1. The van der Waals surface area contributed by atoms with Gasteiger partial charge in [0.15, 0.2) is 0 Å². The minimum atomic E-state index is -0.221. The van der Waals surface area contributed by atoms with Gasteiger partial charge < -0.3 is 21.2 Å². The number of rotatable bonds is 7. The molecule has 1 aliphatic heterocycles. The summed E-state index contributed by atoms with van der Waals surface area (Å²) in [5, 5.41) is 15.4. The Balaban J connectivity index is 2.11. The molecule has 1 saturated heterocycles. The zero-order chi connectivity index (χ0) is 14.3. The molecule has 5 heteroatoms. The quantitative estimate of drug-likeness (QED) is 0.215. The number of nitrogens with two attached hydrogens (primary N) is 1. The molecular weight excluding hydrogens is 240 g/mol. The maximum Gasteiger partial charge on any atom is 0.144 e. The van der Waals surface area contributed by atoms with E-state index < -0.39 is 0 Å². The van der Waals surface area contributed by atoms with Crippen LogP contribution in [0.4, 0.5) is 0 Å². The second-order valence-corrected chi connectivity index (χ2v) is 6.45. The molecule has 0 bridgehead atoms. The first-order chi connectivity index (χ1) is 8.95. The molecule has 112 valence electrons. The highest BCUT2D eigenvalue weighted by molar-refractivity contribution is 5.85. The van der Waals surface area contributed by atoms with E-state index in [1.165, 1.54) is 25.9 Å². The van der Waals surface area contributed by atoms with Crippen LogP contribution in [-0.4, -0.2) is 49.2 Å². The Kier molecular flexibility index (Phi) is 6.58. The molecule has 0 aromatic rings. The molecular formula is C14H30N4O. The van der Waals surface area contributed by atoms with Gasteiger partial charge in [-0.15, -0.1) is 0 Å². The first kappa shape index (κ1) is 16.2. The highest BCUT2D eigenvalue weighted by Gasteiger charge is 2.23. The normalized spacial score (nSPS) is 22.7. The summed E-state index contributed by atoms with van der Waals surface area (Å²) in [4.78, 5) is 2.41. The Morgan fingerprint density at radius 2 is 2.26 bits per heavy atom. The summed E-state index contributed by atoms with van der Waals surface area (Å²) in [5.74, 6) is 1.11. The molecule has 1 fully saturated rings.